The molecule has 2 rings (SSSR count). The zero-order chi connectivity index (χ0) is 13.5. The van der Waals surface area contributed by atoms with Crippen LogP contribution >= 0.6 is 0 Å². The number of hydrogen-bond acceptors (Lipinski definition) is 4. The number of anilines is 1. The first-order chi connectivity index (χ1) is 9.33. The lowest BCUT2D eigenvalue weighted by Gasteiger charge is -2.15. The van der Waals surface area contributed by atoms with Gasteiger partial charge in [-0.25, -0.2) is 9.97 Å². The number of rotatable bonds is 7. The summed E-state index contributed by atoms with van der Waals surface area (Å²) in [4.78, 5) is 8.80. The van der Waals surface area contributed by atoms with E-state index in [1.807, 2.05) is 30.5 Å². The quantitative estimate of drug-likeness (QED) is 0.802. The van der Waals surface area contributed by atoms with Crippen molar-refractivity contribution < 1.29 is 5.11 Å². The van der Waals surface area contributed by atoms with Gasteiger partial charge in [0.25, 0.3) is 0 Å². The SMILES string of the molecule is CCCC(CCO)CNc1ncc2ccccc2n1. The molecule has 0 aliphatic heterocycles. The summed E-state index contributed by atoms with van der Waals surface area (Å²) in [5, 5.41) is 13.4. The van der Waals surface area contributed by atoms with Crippen molar-refractivity contribution >= 4 is 16.9 Å². The van der Waals surface area contributed by atoms with Crippen LogP contribution in [-0.4, -0.2) is 28.2 Å². The van der Waals surface area contributed by atoms with Gasteiger partial charge >= 0.3 is 0 Å². The van der Waals surface area contributed by atoms with Crippen LogP contribution in [0.1, 0.15) is 26.2 Å². The Morgan fingerprint density at radius 2 is 2.11 bits per heavy atom. The smallest absolute Gasteiger partial charge is 0.223 e. The van der Waals surface area contributed by atoms with Crippen molar-refractivity contribution in [2.75, 3.05) is 18.5 Å². The maximum Gasteiger partial charge on any atom is 0.223 e. The van der Waals surface area contributed by atoms with Crippen molar-refractivity contribution in [3.8, 4) is 0 Å². The third-order valence-corrected chi connectivity index (χ3v) is 3.27. The second-order valence-electron chi connectivity index (χ2n) is 4.80. The number of benzene rings is 1. The molecule has 0 saturated carbocycles. The maximum absolute atomic E-state index is 9.04. The minimum atomic E-state index is 0.241. The van der Waals surface area contributed by atoms with Gasteiger partial charge in [-0.2, -0.15) is 0 Å². The molecule has 0 aliphatic carbocycles. The summed E-state index contributed by atoms with van der Waals surface area (Å²) >= 11 is 0. The third-order valence-electron chi connectivity index (χ3n) is 3.27. The molecule has 2 aromatic rings. The Hall–Kier alpha value is -1.68. The topological polar surface area (TPSA) is 58.0 Å². The molecule has 0 saturated heterocycles. The summed E-state index contributed by atoms with van der Waals surface area (Å²) in [5.41, 5.74) is 0.953. The van der Waals surface area contributed by atoms with E-state index in [0.717, 1.165) is 36.7 Å². The minimum absolute atomic E-state index is 0.241. The largest absolute Gasteiger partial charge is 0.396 e. The Morgan fingerprint density at radius 1 is 1.26 bits per heavy atom. The fourth-order valence-corrected chi connectivity index (χ4v) is 2.23. The van der Waals surface area contributed by atoms with Crippen LogP contribution in [0.4, 0.5) is 5.95 Å². The molecule has 102 valence electrons. The fraction of sp³-hybridized carbons (Fsp3) is 0.467. The molecule has 0 fully saturated rings. The molecule has 1 atom stereocenters. The van der Waals surface area contributed by atoms with Crippen LogP contribution in [-0.2, 0) is 0 Å². The van der Waals surface area contributed by atoms with Gasteiger partial charge in [-0.3, -0.25) is 0 Å². The molecular weight excluding hydrogens is 238 g/mol. The van der Waals surface area contributed by atoms with Gasteiger partial charge < -0.3 is 10.4 Å². The number of nitrogens with one attached hydrogen (secondary N) is 1. The lowest BCUT2D eigenvalue weighted by molar-refractivity contribution is 0.255. The molecule has 0 spiro atoms. The number of fused-ring (bicyclic) bond motifs is 1. The maximum atomic E-state index is 9.04. The Labute approximate surface area is 113 Å². The van der Waals surface area contributed by atoms with Crippen LogP contribution in [0, 0.1) is 5.92 Å². The molecule has 1 aromatic heterocycles. The van der Waals surface area contributed by atoms with Crippen LogP contribution in [0.15, 0.2) is 30.5 Å². The number of hydrogen-bond donors (Lipinski definition) is 2. The van der Waals surface area contributed by atoms with Crippen LogP contribution in [0.2, 0.25) is 0 Å². The van der Waals surface area contributed by atoms with E-state index < -0.39 is 0 Å². The minimum Gasteiger partial charge on any atom is -0.396 e. The van der Waals surface area contributed by atoms with Crippen molar-refractivity contribution in [3.63, 3.8) is 0 Å². The Kier molecular flexibility index (Phi) is 5.10. The highest BCUT2D eigenvalue weighted by atomic mass is 16.3. The molecule has 1 unspecified atom stereocenters. The Balaban J connectivity index is 2.00. The van der Waals surface area contributed by atoms with Gasteiger partial charge in [0.05, 0.1) is 5.52 Å². The number of nitrogens with zero attached hydrogens (tertiary/aromatic N) is 2. The van der Waals surface area contributed by atoms with Crippen LogP contribution < -0.4 is 5.32 Å². The Bertz CT molecular complexity index is 509. The normalized spacial score (nSPS) is 12.5. The highest BCUT2D eigenvalue weighted by Crippen LogP contribution is 2.14. The van der Waals surface area contributed by atoms with Crippen molar-refractivity contribution in [3.05, 3.63) is 30.5 Å². The van der Waals surface area contributed by atoms with E-state index in [0.29, 0.717) is 11.9 Å². The summed E-state index contributed by atoms with van der Waals surface area (Å²) in [7, 11) is 0. The summed E-state index contributed by atoms with van der Waals surface area (Å²) in [6, 6.07) is 7.95. The van der Waals surface area contributed by atoms with Crippen molar-refractivity contribution in [2.24, 2.45) is 5.92 Å². The first-order valence-electron chi connectivity index (χ1n) is 6.90. The summed E-state index contributed by atoms with van der Waals surface area (Å²) in [5.74, 6) is 1.14. The van der Waals surface area contributed by atoms with E-state index >= 15 is 0 Å². The number of aromatic nitrogens is 2. The lowest BCUT2D eigenvalue weighted by Crippen LogP contribution is -2.17. The molecule has 4 nitrogen and oxygen atoms in total. The molecule has 4 heteroatoms. The van der Waals surface area contributed by atoms with Crippen molar-refractivity contribution in [1.82, 2.24) is 9.97 Å². The van der Waals surface area contributed by atoms with E-state index in [9.17, 15) is 0 Å². The van der Waals surface area contributed by atoms with Gasteiger partial charge in [-0.15, -0.1) is 0 Å². The predicted octanol–water partition coefficient (Wildman–Crippen LogP) is 2.84. The van der Waals surface area contributed by atoms with Crippen LogP contribution in [0.25, 0.3) is 10.9 Å². The molecule has 0 amide bonds. The van der Waals surface area contributed by atoms with Gasteiger partial charge in [0.1, 0.15) is 0 Å². The molecule has 0 radical (unpaired) electrons. The van der Waals surface area contributed by atoms with E-state index in [1.165, 1.54) is 0 Å². The summed E-state index contributed by atoms with van der Waals surface area (Å²) in [6.45, 7) is 3.22. The zero-order valence-corrected chi connectivity index (χ0v) is 11.3. The first kappa shape index (κ1) is 13.7. The van der Waals surface area contributed by atoms with Gasteiger partial charge in [-0.1, -0.05) is 31.5 Å². The van der Waals surface area contributed by atoms with E-state index in [-0.39, 0.29) is 6.61 Å². The van der Waals surface area contributed by atoms with Gasteiger partial charge in [-0.05, 0) is 24.8 Å². The number of para-hydroxylation sites is 1. The van der Waals surface area contributed by atoms with Crippen molar-refractivity contribution in [1.29, 1.82) is 0 Å². The standard InChI is InChI=1S/C15H21N3O/c1-2-5-12(8-9-19)10-16-15-17-11-13-6-3-4-7-14(13)18-15/h3-4,6-7,11-12,19H,2,5,8-10H2,1H3,(H,16,17,18). The molecule has 0 bridgehead atoms. The third kappa shape index (κ3) is 3.89. The monoisotopic (exact) mass is 259 g/mol. The highest BCUT2D eigenvalue weighted by Gasteiger charge is 2.08. The lowest BCUT2D eigenvalue weighted by atomic mass is 10.0. The molecule has 1 aromatic carbocycles. The van der Waals surface area contributed by atoms with Crippen LogP contribution in [0.3, 0.4) is 0 Å². The summed E-state index contributed by atoms with van der Waals surface area (Å²) in [6.07, 6.45) is 4.91. The first-order valence-corrected chi connectivity index (χ1v) is 6.90. The molecule has 2 N–H and O–H groups in total. The number of aliphatic hydroxyl groups is 1. The van der Waals surface area contributed by atoms with E-state index in [2.05, 4.69) is 22.2 Å². The summed E-state index contributed by atoms with van der Waals surface area (Å²) < 4.78 is 0. The second-order valence-corrected chi connectivity index (χ2v) is 4.80. The Morgan fingerprint density at radius 3 is 2.89 bits per heavy atom. The van der Waals surface area contributed by atoms with E-state index in [4.69, 9.17) is 5.11 Å². The van der Waals surface area contributed by atoms with Crippen LogP contribution in [0.5, 0.6) is 0 Å². The van der Waals surface area contributed by atoms with Gasteiger partial charge in [0, 0.05) is 24.7 Å². The molecule has 19 heavy (non-hydrogen) atoms. The second kappa shape index (κ2) is 7.04. The average molecular weight is 259 g/mol. The van der Waals surface area contributed by atoms with Gasteiger partial charge in [0.2, 0.25) is 5.95 Å². The molecule has 1 heterocycles. The zero-order valence-electron chi connectivity index (χ0n) is 11.3. The van der Waals surface area contributed by atoms with E-state index in [1.54, 1.807) is 0 Å². The molecule has 0 aliphatic rings. The van der Waals surface area contributed by atoms with Gasteiger partial charge in [0.15, 0.2) is 0 Å². The molecular formula is C15H21N3O. The fourth-order valence-electron chi connectivity index (χ4n) is 2.23. The average Bonchev–Trinajstić information content (AvgIpc) is 2.45. The predicted molar refractivity (Wildman–Crippen MR) is 78.1 cm³/mol. The number of aliphatic hydroxyl groups excluding tert-OH is 1. The van der Waals surface area contributed by atoms with Crippen molar-refractivity contribution in [2.45, 2.75) is 26.2 Å². The highest BCUT2D eigenvalue weighted by molar-refractivity contribution is 5.78.